The summed E-state index contributed by atoms with van der Waals surface area (Å²) in [7, 11) is 0. The average molecular weight is 328 g/mol. The Labute approximate surface area is 135 Å². The molecule has 1 aromatic heterocycles. The number of aromatic nitrogens is 3. The smallest absolute Gasteiger partial charge is 0.196 e. The second-order valence-corrected chi connectivity index (χ2v) is 5.59. The lowest BCUT2D eigenvalue weighted by Gasteiger charge is -2.10. The second-order valence-electron chi connectivity index (χ2n) is 4.64. The van der Waals surface area contributed by atoms with Gasteiger partial charge >= 0.3 is 0 Å². The molecule has 0 amide bonds. The van der Waals surface area contributed by atoms with Gasteiger partial charge in [0.15, 0.2) is 11.0 Å². The number of carbonyl (C=O) groups excluding carboxylic acids is 1. The number of carboxylic acids is 1. The van der Waals surface area contributed by atoms with Crippen LogP contribution in [0, 0.1) is 5.82 Å². The Hall–Kier alpha value is -2.67. The predicted molar refractivity (Wildman–Crippen MR) is 82.5 cm³/mol. The molecule has 3 aromatic rings. The number of halogens is 1. The number of hydrogen-bond donors (Lipinski definition) is 0. The van der Waals surface area contributed by atoms with Gasteiger partial charge in [-0.15, -0.1) is 10.2 Å². The van der Waals surface area contributed by atoms with Gasteiger partial charge in [0.2, 0.25) is 0 Å². The first kappa shape index (κ1) is 15.2. The maximum atomic E-state index is 13.1. The predicted octanol–water partition coefficient (Wildman–Crippen LogP) is 1.92. The Morgan fingerprint density at radius 1 is 1.09 bits per heavy atom. The van der Waals surface area contributed by atoms with Crippen LogP contribution >= 0.6 is 11.8 Å². The van der Waals surface area contributed by atoms with Gasteiger partial charge < -0.3 is 9.90 Å². The monoisotopic (exact) mass is 328 g/mol. The van der Waals surface area contributed by atoms with E-state index >= 15 is 0 Å². The molecule has 0 aliphatic heterocycles. The summed E-state index contributed by atoms with van der Waals surface area (Å²) < 4.78 is 14.9. The standard InChI is InChI=1S/C16H12FN3O2S/c17-12-8-6-11(7-9-12)15-18-19-16(23-10-14(21)22)20(15)13-4-2-1-3-5-13/h1-9H,10H2,(H,21,22)/p-1. The summed E-state index contributed by atoms with van der Waals surface area (Å²) in [6.45, 7) is 0. The van der Waals surface area contributed by atoms with Crippen LogP contribution in [0.5, 0.6) is 0 Å². The third kappa shape index (κ3) is 3.40. The maximum absolute atomic E-state index is 13.1. The van der Waals surface area contributed by atoms with E-state index in [-0.39, 0.29) is 11.6 Å². The number of hydrogen-bond acceptors (Lipinski definition) is 5. The zero-order valence-electron chi connectivity index (χ0n) is 11.8. The van der Waals surface area contributed by atoms with E-state index in [9.17, 15) is 14.3 Å². The van der Waals surface area contributed by atoms with Crippen LogP contribution in [0.25, 0.3) is 17.1 Å². The molecule has 1 heterocycles. The number of rotatable bonds is 5. The molecule has 0 fully saturated rings. The Kier molecular flexibility index (Phi) is 4.38. The van der Waals surface area contributed by atoms with E-state index in [4.69, 9.17) is 0 Å². The highest BCUT2D eigenvalue weighted by atomic mass is 32.2. The first-order chi connectivity index (χ1) is 11.1. The van der Waals surface area contributed by atoms with Crippen molar-refractivity contribution in [2.75, 3.05) is 5.75 Å². The van der Waals surface area contributed by atoms with E-state index in [1.807, 2.05) is 30.3 Å². The van der Waals surface area contributed by atoms with Crippen molar-refractivity contribution < 1.29 is 14.3 Å². The lowest BCUT2D eigenvalue weighted by atomic mass is 10.2. The van der Waals surface area contributed by atoms with Gasteiger partial charge in [-0.3, -0.25) is 4.57 Å². The Balaban J connectivity index is 2.09. The van der Waals surface area contributed by atoms with Gasteiger partial charge in [-0.05, 0) is 36.4 Å². The van der Waals surface area contributed by atoms with Gasteiger partial charge in [-0.2, -0.15) is 0 Å². The van der Waals surface area contributed by atoms with Gasteiger partial charge in [0.05, 0.1) is 5.97 Å². The molecular formula is C16H11FN3O2S-. The molecule has 0 saturated carbocycles. The van der Waals surface area contributed by atoms with Crippen LogP contribution in [0.15, 0.2) is 59.8 Å². The molecule has 116 valence electrons. The van der Waals surface area contributed by atoms with Crippen molar-refractivity contribution in [3.05, 3.63) is 60.4 Å². The number of carboxylic acid groups (broad SMARTS) is 1. The fraction of sp³-hybridized carbons (Fsp3) is 0.0625. The first-order valence-electron chi connectivity index (χ1n) is 6.74. The van der Waals surface area contributed by atoms with Gasteiger partial charge in [0.25, 0.3) is 0 Å². The summed E-state index contributed by atoms with van der Waals surface area (Å²) >= 11 is 1.02. The van der Waals surface area contributed by atoms with Crippen LogP contribution in [0.1, 0.15) is 0 Å². The van der Waals surface area contributed by atoms with Crippen molar-refractivity contribution in [1.29, 1.82) is 0 Å². The molecule has 0 aliphatic rings. The number of aliphatic carboxylic acids is 1. The van der Waals surface area contributed by atoms with Crippen molar-refractivity contribution in [2.24, 2.45) is 0 Å². The van der Waals surface area contributed by atoms with Gasteiger partial charge in [0.1, 0.15) is 5.82 Å². The van der Waals surface area contributed by atoms with Gasteiger partial charge in [-0.25, -0.2) is 4.39 Å². The van der Waals surface area contributed by atoms with Crippen LogP contribution in [-0.2, 0) is 4.79 Å². The second kappa shape index (κ2) is 6.62. The molecule has 0 N–H and O–H groups in total. The van der Waals surface area contributed by atoms with E-state index in [0.29, 0.717) is 16.5 Å². The van der Waals surface area contributed by atoms with Crippen molar-refractivity contribution in [2.45, 2.75) is 5.16 Å². The lowest BCUT2D eigenvalue weighted by molar-refractivity contribution is -0.301. The molecule has 0 saturated heterocycles. The minimum absolute atomic E-state index is 0.228. The zero-order valence-corrected chi connectivity index (χ0v) is 12.7. The van der Waals surface area contributed by atoms with Crippen molar-refractivity contribution in [1.82, 2.24) is 14.8 Å². The largest absolute Gasteiger partial charge is 0.549 e. The fourth-order valence-corrected chi connectivity index (χ4v) is 2.75. The van der Waals surface area contributed by atoms with Crippen LogP contribution in [0.4, 0.5) is 4.39 Å². The molecule has 0 unspecified atom stereocenters. The van der Waals surface area contributed by atoms with E-state index in [0.717, 1.165) is 17.4 Å². The molecule has 5 nitrogen and oxygen atoms in total. The molecule has 0 radical (unpaired) electrons. The summed E-state index contributed by atoms with van der Waals surface area (Å²) in [6, 6.07) is 15.2. The quantitative estimate of drug-likeness (QED) is 0.669. The third-order valence-electron chi connectivity index (χ3n) is 3.07. The summed E-state index contributed by atoms with van der Waals surface area (Å²) in [5.74, 6) is -1.24. The minimum atomic E-state index is -1.18. The maximum Gasteiger partial charge on any atom is 0.196 e. The minimum Gasteiger partial charge on any atom is -0.549 e. The number of carbonyl (C=O) groups is 1. The number of benzene rings is 2. The molecule has 23 heavy (non-hydrogen) atoms. The van der Waals surface area contributed by atoms with Gasteiger partial charge in [-0.1, -0.05) is 30.0 Å². The highest BCUT2D eigenvalue weighted by molar-refractivity contribution is 7.99. The number of para-hydroxylation sites is 1. The topological polar surface area (TPSA) is 70.8 Å². The lowest BCUT2D eigenvalue weighted by Crippen LogP contribution is -2.24. The average Bonchev–Trinajstić information content (AvgIpc) is 2.98. The van der Waals surface area contributed by atoms with E-state index in [1.54, 1.807) is 16.7 Å². The zero-order chi connectivity index (χ0) is 16.2. The van der Waals surface area contributed by atoms with Crippen molar-refractivity contribution >= 4 is 17.7 Å². The van der Waals surface area contributed by atoms with Crippen LogP contribution < -0.4 is 5.11 Å². The molecule has 0 spiro atoms. The number of nitrogens with zero attached hydrogens (tertiary/aromatic N) is 3. The Morgan fingerprint density at radius 3 is 2.43 bits per heavy atom. The highest BCUT2D eigenvalue weighted by Gasteiger charge is 2.16. The Morgan fingerprint density at radius 2 is 1.78 bits per heavy atom. The SMILES string of the molecule is O=C([O-])CSc1nnc(-c2ccc(F)cc2)n1-c1ccccc1. The third-order valence-corrected chi connectivity index (χ3v) is 3.97. The fourth-order valence-electron chi connectivity index (χ4n) is 2.08. The molecule has 0 atom stereocenters. The summed E-state index contributed by atoms with van der Waals surface area (Å²) in [5.41, 5.74) is 1.47. The number of thioether (sulfide) groups is 1. The molecule has 0 bridgehead atoms. The Bertz CT molecular complexity index is 819. The molecule has 2 aromatic carbocycles. The molecule has 3 rings (SSSR count). The molecule has 7 heteroatoms. The van der Waals surface area contributed by atoms with E-state index < -0.39 is 5.97 Å². The summed E-state index contributed by atoms with van der Waals surface area (Å²) in [5, 5.41) is 19.3. The van der Waals surface area contributed by atoms with Crippen LogP contribution in [0.2, 0.25) is 0 Å². The van der Waals surface area contributed by atoms with Crippen LogP contribution in [0.3, 0.4) is 0 Å². The summed E-state index contributed by atoms with van der Waals surface area (Å²) in [6.07, 6.45) is 0. The van der Waals surface area contributed by atoms with Gasteiger partial charge in [0, 0.05) is 17.0 Å². The van der Waals surface area contributed by atoms with Crippen molar-refractivity contribution in [3.63, 3.8) is 0 Å². The normalized spacial score (nSPS) is 10.7. The molecular weight excluding hydrogens is 317 g/mol. The molecule has 0 aliphatic carbocycles. The van der Waals surface area contributed by atoms with E-state index in [1.165, 1.54) is 12.1 Å². The van der Waals surface area contributed by atoms with Crippen molar-refractivity contribution in [3.8, 4) is 17.1 Å². The van der Waals surface area contributed by atoms with Crippen LogP contribution in [-0.4, -0.2) is 26.5 Å². The van der Waals surface area contributed by atoms with E-state index in [2.05, 4.69) is 10.2 Å². The first-order valence-corrected chi connectivity index (χ1v) is 7.73. The highest BCUT2D eigenvalue weighted by Crippen LogP contribution is 2.27. The summed E-state index contributed by atoms with van der Waals surface area (Å²) in [4.78, 5) is 10.7.